The number of amides is 1. The summed E-state index contributed by atoms with van der Waals surface area (Å²) < 4.78 is 1.54. The lowest BCUT2D eigenvalue weighted by Gasteiger charge is -2.09. The SMILES string of the molecule is CSc1ccccc1NC(=O)CSCc1cc(=O)n2cc(C)ccc2n1. The molecule has 0 spiro atoms. The van der Waals surface area contributed by atoms with Crippen LogP contribution in [0.15, 0.2) is 58.4 Å². The molecule has 0 radical (unpaired) electrons. The van der Waals surface area contributed by atoms with E-state index in [1.807, 2.05) is 49.6 Å². The number of para-hydroxylation sites is 1. The van der Waals surface area contributed by atoms with Crippen molar-refractivity contribution in [3.8, 4) is 0 Å². The van der Waals surface area contributed by atoms with Gasteiger partial charge in [-0.25, -0.2) is 4.98 Å². The summed E-state index contributed by atoms with van der Waals surface area (Å²) in [5.41, 5.74) is 3.03. The highest BCUT2D eigenvalue weighted by atomic mass is 32.2. The maximum Gasteiger partial charge on any atom is 0.258 e. The monoisotopic (exact) mass is 385 g/mol. The van der Waals surface area contributed by atoms with E-state index in [1.165, 1.54) is 22.2 Å². The van der Waals surface area contributed by atoms with Crippen LogP contribution < -0.4 is 10.9 Å². The van der Waals surface area contributed by atoms with Gasteiger partial charge >= 0.3 is 0 Å². The number of fused-ring (bicyclic) bond motifs is 1. The maximum atomic E-state index is 12.2. The van der Waals surface area contributed by atoms with Gasteiger partial charge < -0.3 is 5.32 Å². The number of carbonyl (C=O) groups excluding carboxylic acids is 1. The zero-order valence-electron chi connectivity index (χ0n) is 14.6. The highest BCUT2D eigenvalue weighted by Crippen LogP contribution is 2.24. The fourth-order valence-electron chi connectivity index (χ4n) is 2.51. The summed E-state index contributed by atoms with van der Waals surface area (Å²) in [5.74, 6) is 0.749. The van der Waals surface area contributed by atoms with Crippen molar-refractivity contribution in [2.24, 2.45) is 0 Å². The number of benzene rings is 1. The lowest BCUT2D eigenvalue weighted by atomic mass is 10.3. The normalized spacial score (nSPS) is 10.8. The van der Waals surface area contributed by atoms with Gasteiger partial charge in [0.1, 0.15) is 5.65 Å². The number of carbonyl (C=O) groups is 1. The first-order chi connectivity index (χ1) is 12.6. The smallest absolute Gasteiger partial charge is 0.258 e. The molecule has 0 bridgehead atoms. The molecule has 2 heterocycles. The second kappa shape index (κ2) is 8.42. The Hall–Kier alpha value is -2.25. The van der Waals surface area contributed by atoms with Gasteiger partial charge in [0.25, 0.3) is 5.56 Å². The van der Waals surface area contributed by atoms with Gasteiger partial charge in [0, 0.05) is 22.9 Å². The summed E-state index contributed by atoms with van der Waals surface area (Å²) in [6.45, 7) is 1.93. The minimum atomic E-state index is -0.104. The summed E-state index contributed by atoms with van der Waals surface area (Å²) >= 11 is 3.03. The molecule has 134 valence electrons. The molecule has 3 aromatic rings. The molecule has 0 aliphatic carbocycles. The molecule has 26 heavy (non-hydrogen) atoms. The van der Waals surface area contributed by atoms with Crippen LogP contribution in [0.1, 0.15) is 11.3 Å². The highest BCUT2D eigenvalue weighted by molar-refractivity contribution is 7.99. The largest absolute Gasteiger partial charge is 0.324 e. The van der Waals surface area contributed by atoms with Gasteiger partial charge in [0.2, 0.25) is 5.91 Å². The van der Waals surface area contributed by atoms with Crippen molar-refractivity contribution in [3.63, 3.8) is 0 Å². The molecule has 0 atom stereocenters. The number of aryl methyl sites for hydroxylation is 1. The summed E-state index contributed by atoms with van der Waals surface area (Å²) in [5, 5.41) is 2.93. The van der Waals surface area contributed by atoms with E-state index in [0.29, 0.717) is 22.8 Å². The Morgan fingerprint density at radius 2 is 2.04 bits per heavy atom. The van der Waals surface area contributed by atoms with Gasteiger partial charge in [-0.1, -0.05) is 18.2 Å². The maximum absolute atomic E-state index is 12.2. The molecule has 5 nitrogen and oxygen atoms in total. The molecule has 1 N–H and O–H groups in total. The van der Waals surface area contributed by atoms with Crippen molar-refractivity contribution in [2.75, 3.05) is 17.3 Å². The zero-order chi connectivity index (χ0) is 18.5. The Morgan fingerprint density at radius 1 is 1.23 bits per heavy atom. The van der Waals surface area contributed by atoms with E-state index in [1.54, 1.807) is 18.0 Å². The topological polar surface area (TPSA) is 63.5 Å². The fraction of sp³-hybridized carbons (Fsp3) is 0.211. The predicted octanol–water partition coefficient (Wildman–Crippen LogP) is 3.60. The van der Waals surface area contributed by atoms with Crippen LogP contribution in [-0.4, -0.2) is 27.3 Å². The van der Waals surface area contributed by atoms with Crippen molar-refractivity contribution in [3.05, 3.63) is 70.3 Å². The second-order valence-corrected chi connectivity index (χ2v) is 7.60. The van der Waals surface area contributed by atoms with E-state index in [9.17, 15) is 9.59 Å². The molecule has 0 saturated heterocycles. The van der Waals surface area contributed by atoms with E-state index in [4.69, 9.17) is 0 Å². The van der Waals surface area contributed by atoms with E-state index >= 15 is 0 Å². The van der Waals surface area contributed by atoms with Crippen LogP contribution in [0.25, 0.3) is 5.65 Å². The molecule has 1 aromatic carbocycles. The Morgan fingerprint density at radius 3 is 2.85 bits per heavy atom. The van der Waals surface area contributed by atoms with Crippen molar-refractivity contribution >= 4 is 40.8 Å². The molecule has 3 rings (SSSR count). The third kappa shape index (κ3) is 4.47. The van der Waals surface area contributed by atoms with Crippen LogP contribution in [0.4, 0.5) is 5.69 Å². The number of anilines is 1. The predicted molar refractivity (Wildman–Crippen MR) is 109 cm³/mol. The number of hydrogen-bond donors (Lipinski definition) is 1. The first-order valence-corrected chi connectivity index (χ1v) is 10.4. The van der Waals surface area contributed by atoms with Gasteiger partial charge in [0.05, 0.1) is 17.1 Å². The number of rotatable bonds is 6. The van der Waals surface area contributed by atoms with Gasteiger partial charge in [-0.05, 0) is 36.9 Å². The number of pyridine rings is 1. The minimum absolute atomic E-state index is 0.0652. The summed E-state index contributed by atoms with van der Waals surface area (Å²) in [6, 6.07) is 13.0. The van der Waals surface area contributed by atoms with Crippen molar-refractivity contribution in [1.29, 1.82) is 0 Å². The average molecular weight is 386 g/mol. The van der Waals surface area contributed by atoms with Crippen LogP contribution >= 0.6 is 23.5 Å². The first-order valence-electron chi connectivity index (χ1n) is 8.06. The Labute approximate surface area is 160 Å². The summed E-state index contributed by atoms with van der Waals surface area (Å²) in [7, 11) is 0. The van der Waals surface area contributed by atoms with E-state index in [0.717, 1.165) is 16.1 Å². The minimum Gasteiger partial charge on any atom is -0.324 e. The number of thioether (sulfide) groups is 2. The lowest BCUT2D eigenvalue weighted by molar-refractivity contribution is -0.113. The molecular weight excluding hydrogens is 366 g/mol. The Bertz CT molecular complexity index is 1000. The molecular formula is C19H19N3O2S2. The molecule has 7 heteroatoms. The standard InChI is InChI=1S/C19H19N3O2S2/c1-13-7-8-17-20-14(9-19(24)22(17)10-13)11-26-12-18(23)21-15-5-3-4-6-16(15)25-2/h3-10H,11-12H2,1-2H3,(H,21,23). The van der Waals surface area contributed by atoms with E-state index in [2.05, 4.69) is 10.3 Å². The van der Waals surface area contributed by atoms with Crippen LogP contribution in [0, 0.1) is 6.92 Å². The summed E-state index contributed by atoms with van der Waals surface area (Å²) in [6.07, 6.45) is 3.75. The first kappa shape index (κ1) is 18.5. The molecule has 2 aromatic heterocycles. The Balaban J connectivity index is 1.61. The summed E-state index contributed by atoms with van der Waals surface area (Å²) in [4.78, 5) is 29.9. The highest BCUT2D eigenvalue weighted by Gasteiger charge is 2.08. The van der Waals surface area contributed by atoms with Crippen molar-refractivity contribution < 1.29 is 4.79 Å². The van der Waals surface area contributed by atoms with Crippen molar-refractivity contribution in [2.45, 2.75) is 17.6 Å². The molecule has 0 aliphatic rings. The number of hydrogen-bond acceptors (Lipinski definition) is 5. The van der Waals surface area contributed by atoms with E-state index in [-0.39, 0.29) is 11.5 Å². The molecule has 0 aliphatic heterocycles. The third-order valence-corrected chi connectivity index (χ3v) is 5.49. The van der Waals surface area contributed by atoms with Crippen LogP contribution in [-0.2, 0) is 10.5 Å². The molecule has 1 amide bonds. The lowest BCUT2D eigenvalue weighted by Crippen LogP contribution is -2.16. The van der Waals surface area contributed by atoms with Crippen LogP contribution in [0.2, 0.25) is 0 Å². The number of nitrogens with one attached hydrogen (secondary N) is 1. The van der Waals surface area contributed by atoms with Gasteiger partial charge in [-0.3, -0.25) is 14.0 Å². The van der Waals surface area contributed by atoms with Crippen LogP contribution in [0.3, 0.4) is 0 Å². The van der Waals surface area contributed by atoms with Gasteiger partial charge in [-0.15, -0.1) is 23.5 Å². The molecule has 0 unspecified atom stereocenters. The average Bonchev–Trinajstić information content (AvgIpc) is 2.63. The van der Waals surface area contributed by atoms with Gasteiger partial charge in [0.15, 0.2) is 0 Å². The van der Waals surface area contributed by atoms with Crippen LogP contribution in [0.5, 0.6) is 0 Å². The second-order valence-electron chi connectivity index (χ2n) is 5.76. The quantitative estimate of drug-likeness (QED) is 0.657. The third-order valence-electron chi connectivity index (χ3n) is 3.72. The molecule has 0 saturated carbocycles. The number of aromatic nitrogens is 2. The fourth-order valence-corrected chi connectivity index (χ4v) is 3.78. The number of nitrogens with zero attached hydrogens (tertiary/aromatic N) is 2. The van der Waals surface area contributed by atoms with Crippen molar-refractivity contribution in [1.82, 2.24) is 9.38 Å². The Kier molecular flexibility index (Phi) is 6.00. The zero-order valence-corrected chi connectivity index (χ0v) is 16.2. The molecule has 0 fully saturated rings. The van der Waals surface area contributed by atoms with Gasteiger partial charge in [-0.2, -0.15) is 0 Å². The van der Waals surface area contributed by atoms with E-state index < -0.39 is 0 Å².